The third-order valence-electron chi connectivity index (χ3n) is 3.94. The molecule has 3 aromatic carbocycles. The average molecular weight is 406 g/mol. The maximum absolute atomic E-state index is 12.7. The van der Waals surface area contributed by atoms with E-state index in [1.54, 1.807) is 24.3 Å². The van der Waals surface area contributed by atoms with Gasteiger partial charge in [-0.3, -0.25) is 10.2 Å². The molecule has 0 heterocycles. The van der Waals surface area contributed by atoms with Gasteiger partial charge in [-0.2, -0.15) is 0 Å². The van der Waals surface area contributed by atoms with E-state index in [4.69, 9.17) is 11.6 Å². The van der Waals surface area contributed by atoms with Crippen LogP contribution in [0.3, 0.4) is 0 Å². The molecule has 2 N–H and O–H groups in total. The first-order chi connectivity index (χ1) is 14.0. The van der Waals surface area contributed by atoms with Crippen LogP contribution in [0.15, 0.2) is 88.1 Å². The van der Waals surface area contributed by atoms with Crippen molar-refractivity contribution in [3.05, 3.63) is 88.9 Å². The van der Waals surface area contributed by atoms with Crippen LogP contribution >= 0.6 is 11.6 Å². The molecule has 0 aliphatic rings. The first-order valence-electron chi connectivity index (χ1n) is 8.95. The fraction of sp³-hybridized carbons (Fsp3) is 0.0909. The van der Waals surface area contributed by atoms with Gasteiger partial charge < -0.3 is 5.32 Å². The molecule has 29 heavy (non-hydrogen) atoms. The summed E-state index contributed by atoms with van der Waals surface area (Å²) in [6.07, 6.45) is 0. The second-order valence-corrected chi connectivity index (χ2v) is 6.85. The maximum atomic E-state index is 12.7. The third-order valence-corrected chi connectivity index (χ3v) is 4.19. The van der Waals surface area contributed by atoms with E-state index in [1.165, 1.54) is 0 Å². The molecule has 0 atom stereocenters. The zero-order valence-corrected chi connectivity index (χ0v) is 16.8. The number of nitrogens with zero attached hydrogens (tertiary/aromatic N) is 3. The van der Waals surface area contributed by atoms with E-state index in [0.717, 1.165) is 16.8 Å². The zero-order valence-electron chi connectivity index (χ0n) is 16.1. The van der Waals surface area contributed by atoms with Gasteiger partial charge in [0.2, 0.25) is 0 Å². The lowest BCUT2D eigenvalue weighted by atomic mass is 10.2. The van der Waals surface area contributed by atoms with Crippen LogP contribution in [0.5, 0.6) is 0 Å². The molecule has 6 nitrogen and oxygen atoms in total. The molecular formula is C22H20ClN5O. The molecule has 1 amide bonds. The second kappa shape index (κ2) is 9.61. The molecule has 0 spiro atoms. The van der Waals surface area contributed by atoms with Crippen LogP contribution < -0.4 is 10.7 Å². The first-order valence-corrected chi connectivity index (χ1v) is 9.33. The Morgan fingerprint density at radius 1 is 0.793 bits per heavy atom. The maximum Gasteiger partial charge on any atom is 0.297 e. The summed E-state index contributed by atoms with van der Waals surface area (Å²) in [5, 5.41) is 15.6. The molecule has 0 saturated carbocycles. The van der Waals surface area contributed by atoms with E-state index in [9.17, 15) is 4.79 Å². The largest absolute Gasteiger partial charge is 0.319 e. The summed E-state index contributed by atoms with van der Waals surface area (Å²) < 4.78 is 0. The smallest absolute Gasteiger partial charge is 0.297 e. The minimum atomic E-state index is -0.497. The Kier molecular flexibility index (Phi) is 6.71. The number of carbonyl (C=O) groups excluding carboxylic acids is 1. The highest BCUT2D eigenvalue weighted by Crippen LogP contribution is 2.15. The highest BCUT2D eigenvalue weighted by atomic mass is 35.5. The summed E-state index contributed by atoms with van der Waals surface area (Å²) in [5.41, 5.74) is 7.01. The van der Waals surface area contributed by atoms with Gasteiger partial charge in [-0.15, -0.1) is 15.3 Å². The van der Waals surface area contributed by atoms with Crippen molar-refractivity contribution in [1.29, 1.82) is 0 Å². The van der Waals surface area contributed by atoms with Crippen molar-refractivity contribution >= 4 is 40.4 Å². The van der Waals surface area contributed by atoms with Gasteiger partial charge in [0.05, 0.1) is 11.4 Å². The number of anilines is 2. The van der Waals surface area contributed by atoms with Gasteiger partial charge in [0.15, 0.2) is 0 Å². The van der Waals surface area contributed by atoms with Crippen LogP contribution in [-0.2, 0) is 4.79 Å². The number of hydrazone groups is 1. The van der Waals surface area contributed by atoms with E-state index >= 15 is 0 Å². The van der Waals surface area contributed by atoms with Gasteiger partial charge in [-0.25, -0.2) is 0 Å². The summed E-state index contributed by atoms with van der Waals surface area (Å²) in [4.78, 5) is 12.7. The Balaban J connectivity index is 1.81. The number of amidine groups is 1. The van der Waals surface area contributed by atoms with Gasteiger partial charge in [0.25, 0.3) is 11.7 Å². The zero-order chi connectivity index (χ0) is 20.6. The Morgan fingerprint density at radius 3 is 1.97 bits per heavy atom. The molecule has 0 radical (unpaired) electrons. The van der Waals surface area contributed by atoms with Gasteiger partial charge in [0.1, 0.15) is 0 Å². The molecule has 0 fully saturated rings. The van der Waals surface area contributed by atoms with E-state index < -0.39 is 5.91 Å². The van der Waals surface area contributed by atoms with Crippen molar-refractivity contribution < 1.29 is 4.79 Å². The van der Waals surface area contributed by atoms with E-state index in [1.807, 2.05) is 62.4 Å². The lowest BCUT2D eigenvalue weighted by molar-refractivity contribution is -0.110. The third kappa shape index (κ3) is 6.26. The molecular weight excluding hydrogens is 386 g/mol. The number of hydrogen-bond acceptors (Lipinski definition) is 4. The number of rotatable bonds is 4. The molecule has 7 heteroatoms. The van der Waals surface area contributed by atoms with Crippen LogP contribution in [0.25, 0.3) is 0 Å². The molecule has 0 bridgehead atoms. The Bertz CT molecular complexity index is 1030. The number of carbonyl (C=O) groups is 1. The minimum Gasteiger partial charge on any atom is -0.319 e. The number of hydrogen-bond donors (Lipinski definition) is 2. The van der Waals surface area contributed by atoms with Crippen molar-refractivity contribution in [2.75, 3.05) is 10.7 Å². The molecule has 0 aliphatic carbocycles. The number of halogens is 1. The van der Waals surface area contributed by atoms with Crippen molar-refractivity contribution in [1.82, 2.24) is 0 Å². The summed E-state index contributed by atoms with van der Waals surface area (Å²) >= 11 is 5.89. The summed E-state index contributed by atoms with van der Waals surface area (Å²) in [7, 11) is 0. The Hall–Kier alpha value is -3.51. The van der Waals surface area contributed by atoms with Crippen molar-refractivity contribution in [2.45, 2.75) is 13.8 Å². The normalized spacial score (nSPS) is 11.5. The molecule has 0 aromatic heterocycles. The lowest BCUT2D eigenvalue weighted by Crippen LogP contribution is -2.22. The molecule has 0 aliphatic heterocycles. The fourth-order valence-electron chi connectivity index (χ4n) is 2.30. The number of nitrogens with one attached hydrogen (secondary N) is 2. The quantitative estimate of drug-likeness (QED) is 0.238. The van der Waals surface area contributed by atoms with Crippen molar-refractivity contribution in [3.63, 3.8) is 0 Å². The van der Waals surface area contributed by atoms with Gasteiger partial charge in [0, 0.05) is 10.7 Å². The van der Waals surface area contributed by atoms with Gasteiger partial charge in [-0.1, -0.05) is 47.0 Å². The van der Waals surface area contributed by atoms with Crippen LogP contribution in [0, 0.1) is 13.8 Å². The van der Waals surface area contributed by atoms with Crippen molar-refractivity contribution in [2.24, 2.45) is 15.3 Å². The number of aryl methyl sites for hydroxylation is 2. The van der Waals surface area contributed by atoms with E-state index in [-0.39, 0.29) is 5.84 Å². The first kappa shape index (κ1) is 20.2. The lowest BCUT2D eigenvalue weighted by Gasteiger charge is -2.06. The Labute approximate surface area is 174 Å². The number of benzene rings is 3. The summed E-state index contributed by atoms with van der Waals surface area (Å²) in [6, 6.07) is 21.9. The van der Waals surface area contributed by atoms with Crippen LogP contribution in [0.1, 0.15) is 11.1 Å². The second-order valence-electron chi connectivity index (χ2n) is 6.41. The van der Waals surface area contributed by atoms with Gasteiger partial charge >= 0.3 is 0 Å². The van der Waals surface area contributed by atoms with E-state index in [0.29, 0.717) is 16.4 Å². The molecule has 0 saturated heterocycles. The molecule has 3 rings (SSSR count). The topological polar surface area (TPSA) is 78.2 Å². The summed E-state index contributed by atoms with van der Waals surface area (Å²) in [5.74, 6) is -0.608. The molecule has 146 valence electrons. The standard InChI is InChI=1S/C22H20ClN5O/c1-15-3-9-19(10-4-15)25-27-21(28-26-20-11-5-16(2)6-12-20)22(29)24-18-13-7-17(23)8-14-18/h3-14,25H,1-2H3,(H,24,29)/b27-21+,28-26?. The minimum absolute atomic E-state index is 0.110. The molecule has 0 unspecified atom stereocenters. The van der Waals surface area contributed by atoms with Crippen LogP contribution in [0.4, 0.5) is 17.1 Å². The molecule has 3 aromatic rings. The SMILES string of the molecule is Cc1ccc(N=N/C(=N/Nc2ccc(C)cc2)C(=O)Nc2ccc(Cl)cc2)cc1. The summed E-state index contributed by atoms with van der Waals surface area (Å²) in [6.45, 7) is 3.98. The number of azo groups is 1. The predicted octanol–water partition coefficient (Wildman–Crippen LogP) is 6.10. The van der Waals surface area contributed by atoms with Gasteiger partial charge in [-0.05, 0) is 62.4 Å². The number of amides is 1. The highest BCUT2D eigenvalue weighted by Gasteiger charge is 2.12. The van der Waals surface area contributed by atoms with E-state index in [2.05, 4.69) is 26.1 Å². The average Bonchev–Trinajstić information content (AvgIpc) is 2.72. The highest BCUT2D eigenvalue weighted by molar-refractivity contribution is 6.42. The Morgan fingerprint density at radius 2 is 1.34 bits per heavy atom. The monoisotopic (exact) mass is 405 g/mol. The predicted molar refractivity (Wildman–Crippen MR) is 118 cm³/mol. The fourth-order valence-corrected chi connectivity index (χ4v) is 2.43. The van der Waals surface area contributed by atoms with Crippen LogP contribution in [-0.4, -0.2) is 11.7 Å². The van der Waals surface area contributed by atoms with Crippen molar-refractivity contribution in [3.8, 4) is 0 Å². The van der Waals surface area contributed by atoms with Crippen LogP contribution in [0.2, 0.25) is 5.02 Å².